The molecular formula is C14H15F. The van der Waals surface area contributed by atoms with Crippen LogP contribution in [0.3, 0.4) is 0 Å². The van der Waals surface area contributed by atoms with Crippen LogP contribution in [0.2, 0.25) is 0 Å². The van der Waals surface area contributed by atoms with Gasteiger partial charge in [0.15, 0.2) is 0 Å². The number of terminal acetylenes is 1. The molecule has 0 radical (unpaired) electrons. The third-order valence-corrected chi connectivity index (χ3v) is 3.30. The summed E-state index contributed by atoms with van der Waals surface area (Å²) in [6.45, 7) is 0. The second kappa shape index (κ2) is 4.49. The molecule has 0 amide bonds. The zero-order chi connectivity index (χ0) is 10.7. The minimum absolute atomic E-state index is 0.156. The summed E-state index contributed by atoms with van der Waals surface area (Å²) in [5.41, 5.74) is 1.26. The van der Waals surface area contributed by atoms with Gasteiger partial charge in [0.2, 0.25) is 0 Å². The quantitative estimate of drug-likeness (QED) is 0.609. The van der Waals surface area contributed by atoms with Gasteiger partial charge in [-0.25, -0.2) is 4.39 Å². The first-order valence-electron chi connectivity index (χ1n) is 5.51. The molecule has 0 aromatic heterocycles. The number of rotatable bonds is 1. The molecule has 0 aliphatic heterocycles. The van der Waals surface area contributed by atoms with Gasteiger partial charge in [-0.3, -0.25) is 0 Å². The fraction of sp³-hybridized carbons (Fsp3) is 0.429. The van der Waals surface area contributed by atoms with E-state index in [4.69, 9.17) is 6.42 Å². The van der Waals surface area contributed by atoms with Crippen molar-refractivity contribution in [2.45, 2.75) is 31.6 Å². The number of benzene rings is 1. The molecule has 0 N–H and O–H groups in total. The van der Waals surface area contributed by atoms with Crippen molar-refractivity contribution in [3.8, 4) is 12.3 Å². The Hall–Kier alpha value is -1.29. The molecule has 0 unspecified atom stereocenters. The maximum Gasteiger partial charge on any atom is 0.123 e. The van der Waals surface area contributed by atoms with Crippen LogP contribution in [-0.4, -0.2) is 0 Å². The van der Waals surface area contributed by atoms with Crippen LogP contribution >= 0.6 is 0 Å². The molecule has 2 rings (SSSR count). The Balaban J connectivity index is 2.02. The SMILES string of the molecule is C#C[C@H]1CC[C@H](c2ccc(F)cc2)CC1. The van der Waals surface area contributed by atoms with Gasteiger partial charge in [0.1, 0.15) is 5.82 Å². The van der Waals surface area contributed by atoms with Gasteiger partial charge < -0.3 is 0 Å². The fourth-order valence-corrected chi connectivity index (χ4v) is 2.33. The molecule has 1 aliphatic rings. The van der Waals surface area contributed by atoms with Gasteiger partial charge >= 0.3 is 0 Å². The Labute approximate surface area is 90.5 Å². The van der Waals surface area contributed by atoms with Crippen molar-refractivity contribution in [1.29, 1.82) is 0 Å². The van der Waals surface area contributed by atoms with Gasteiger partial charge in [-0.15, -0.1) is 12.3 Å². The van der Waals surface area contributed by atoms with Crippen molar-refractivity contribution in [3.05, 3.63) is 35.6 Å². The van der Waals surface area contributed by atoms with E-state index >= 15 is 0 Å². The summed E-state index contributed by atoms with van der Waals surface area (Å²) >= 11 is 0. The molecule has 0 saturated heterocycles. The van der Waals surface area contributed by atoms with Crippen molar-refractivity contribution < 1.29 is 4.39 Å². The van der Waals surface area contributed by atoms with E-state index in [1.165, 1.54) is 5.56 Å². The van der Waals surface area contributed by atoms with Crippen LogP contribution in [-0.2, 0) is 0 Å². The molecule has 0 nitrogen and oxygen atoms in total. The molecule has 1 heteroatoms. The molecule has 1 aliphatic carbocycles. The monoisotopic (exact) mass is 202 g/mol. The highest BCUT2D eigenvalue weighted by atomic mass is 19.1. The van der Waals surface area contributed by atoms with Crippen molar-refractivity contribution in [2.24, 2.45) is 5.92 Å². The van der Waals surface area contributed by atoms with Crippen molar-refractivity contribution in [3.63, 3.8) is 0 Å². The Kier molecular flexibility index (Phi) is 3.06. The van der Waals surface area contributed by atoms with E-state index in [-0.39, 0.29) is 5.82 Å². The molecule has 0 heterocycles. The summed E-state index contributed by atoms with van der Waals surface area (Å²) in [5.74, 6) is 3.71. The smallest absolute Gasteiger partial charge is 0.123 e. The normalized spacial score (nSPS) is 25.9. The zero-order valence-corrected chi connectivity index (χ0v) is 8.75. The van der Waals surface area contributed by atoms with E-state index in [0.717, 1.165) is 25.7 Å². The van der Waals surface area contributed by atoms with E-state index < -0.39 is 0 Å². The molecule has 1 saturated carbocycles. The molecule has 15 heavy (non-hydrogen) atoms. The highest BCUT2D eigenvalue weighted by Gasteiger charge is 2.20. The maximum absolute atomic E-state index is 12.7. The van der Waals surface area contributed by atoms with Crippen molar-refractivity contribution in [1.82, 2.24) is 0 Å². The van der Waals surface area contributed by atoms with Crippen LogP contribution in [0.15, 0.2) is 24.3 Å². The first-order chi connectivity index (χ1) is 7.29. The van der Waals surface area contributed by atoms with E-state index in [9.17, 15) is 4.39 Å². The number of halogens is 1. The molecule has 78 valence electrons. The lowest BCUT2D eigenvalue weighted by atomic mass is 9.79. The molecule has 1 fully saturated rings. The third kappa shape index (κ3) is 2.39. The molecule has 0 bridgehead atoms. The summed E-state index contributed by atoms with van der Waals surface area (Å²) in [6, 6.07) is 6.89. The Morgan fingerprint density at radius 3 is 2.20 bits per heavy atom. The molecule has 0 atom stereocenters. The van der Waals surface area contributed by atoms with Gasteiger partial charge in [-0.2, -0.15) is 0 Å². The van der Waals surface area contributed by atoms with Gasteiger partial charge in [-0.05, 0) is 49.3 Å². The van der Waals surface area contributed by atoms with Crippen LogP contribution in [0.4, 0.5) is 4.39 Å². The van der Waals surface area contributed by atoms with Gasteiger partial charge in [0, 0.05) is 5.92 Å². The predicted molar refractivity (Wildman–Crippen MR) is 59.9 cm³/mol. The van der Waals surface area contributed by atoms with Crippen LogP contribution < -0.4 is 0 Å². The van der Waals surface area contributed by atoms with Crippen molar-refractivity contribution in [2.75, 3.05) is 0 Å². The van der Waals surface area contributed by atoms with Gasteiger partial charge in [-0.1, -0.05) is 12.1 Å². The van der Waals surface area contributed by atoms with Crippen LogP contribution in [0, 0.1) is 24.1 Å². The highest BCUT2D eigenvalue weighted by molar-refractivity contribution is 5.21. The first-order valence-corrected chi connectivity index (χ1v) is 5.51. The minimum Gasteiger partial charge on any atom is -0.207 e. The standard InChI is InChI=1S/C14H15F/c1-2-11-3-5-12(6-4-11)13-7-9-14(15)10-8-13/h1,7-12H,3-6H2/t11-,12-. The second-order valence-electron chi connectivity index (χ2n) is 4.27. The molecule has 0 spiro atoms. The second-order valence-corrected chi connectivity index (χ2v) is 4.27. The van der Waals surface area contributed by atoms with E-state index in [1.54, 1.807) is 12.1 Å². The zero-order valence-electron chi connectivity index (χ0n) is 8.75. The van der Waals surface area contributed by atoms with E-state index in [1.807, 2.05) is 12.1 Å². The average molecular weight is 202 g/mol. The first kappa shape index (κ1) is 10.2. The lowest BCUT2D eigenvalue weighted by molar-refractivity contribution is 0.384. The molecular weight excluding hydrogens is 187 g/mol. The summed E-state index contributed by atoms with van der Waals surface area (Å²) in [6.07, 6.45) is 9.91. The topological polar surface area (TPSA) is 0 Å². The van der Waals surface area contributed by atoms with Crippen LogP contribution in [0.1, 0.15) is 37.2 Å². The van der Waals surface area contributed by atoms with E-state index in [0.29, 0.717) is 11.8 Å². The minimum atomic E-state index is -0.156. The van der Waals surface area contributed by atoms with Crippen LogP contribution in [0.25, 0.3) is 0 Å². The Bertz CT molecular complexity index is 350. The lowest BCUT2D eigenvalue weighted by Crippen LogP contribution is -2.11. The largest absolute Gasteiger partial charge is 0.207 e. The number of hydrogen-bond acceptors (Lipinski definition) is 0. The van der Waals surface area contributed by atoms with Gasteiger partial charge in [0.05, 0.1) is 0 Å². The van der Waals surface area contributed by atoms with Crippen LogP contribution in [0.5, 0.6) is 0 Å². The number of hydrogen-bond donors (Lipinski definition) is 0. The van der Waals surface area contributed by atoms with E-state index in [2.05, 4.69) is 5.92 Å². The lowest BCUT2D eigenvalue weighted by Gasteiger charge is -2.25. The van der Waals surface area contributed by atoms with Crippen molar-refractivity contribution >= 4 is 0 Å². The van der Waals surface area contributed by atoms with Gasteiger partial charge in [0.25, 0.3) is 0 Å². The summed E-state index contributed by atoms with van der Waals surface area (Å²) in [4.78, 5) is 0. The summed E-state index contributed by atoms with van der Waals surface area (Å²) in [5, 5.41) is 0. The Morgan fingerprint density at radius 2 is 1.67 bits per heavy atom. The third-order valence-electron chi connectivity index (χ3n) is 3.30. The maximum atomic E-state index is 12.7. The fourth-order valence-electron chi connectivity index (χ4n) is 2.33. The average Bonchev–Trinajstić information content (AvgIpc) is 2.30. The molecule has 1 aromatic carbocycles. The Morgan fingerprint density at radius 1 is 1.07 bits per heavy atom. The molecule has 1 aromatic rings. The summed E-state index contributed by atoms with van der Waals surface area (Å²) in [7, 11) is 0. The predicted octanol–water partition coefficient (Wildman–Crippen LogP) is 3.73. The highest BCUT2D eigenvalue weighted by Crippen LogP contribution is 2.35. The summed E-state index contributed by atoms with van der Waals surface area (Å²) < 4.78 is 12.7.